The van der Waals surface area contributed by atoms with Gasteiger partial charge in [-0.1, -0.05) is 64.7 Å². The van der Waals surface area contributed by atoms with Crippen molar-refractivity contribution in [3.8, 4) is 0 Å². The Balaban J connectivity index is -0.000000213. The van der Waals surface area contributed by atoms with Crippen molar-refractivity contribution in [2.24, 2.45) is 0 Å². The first-order chi connectivity index (χ1) is 8.06. The van der Waals surface area contributed by atoms with E-state index >= 15 is 0 Å². The molecule has 0 saturated heterocycles. The summed E-state index contributed by atoms with van der Waals surface area (Å²) in [6, 6.07) is 0. The summed E-state index contributed by atoms with van der Waals surface area (Å²) in [6.07, 6.45) is 11.9. The third-order valence-electron chi connectivity index (χ3n) is 2.73. The van der Waals surface area contributed by atoms with Crippen molar-refractivity contribution in [3.05, 3.63) is 0 Å². The molecule has 20 heavy (non-hydrogen) atoms. The molecule has 0 unspecified atom stereocenters. The Bertz CT molecular complexity index is 272. The molecule has 1 radical (unpaired) electrons. The normalized spacial score (nSPS) is 10.1. The molecule has 0 heterocycles. The Morgan fingerprint density at radius 2 is 1.25 bits per heavy atom. The quantitative estimate of drug-likeness (QED) is 0.296. The van der Waals surface area contributed by atoms with Gasteiger partial charge in [-0.05, 0) is 6.42 Å². The molecule has 0 aliphatic carbocycles. The molecule has 0 atom stereocenters. The maximum atomic E-state index is 10.2. The minimum absolute atomic E-state index is 0. The first-order valence-electron chi connectivity index (χ1n) is 6.68. The van der Waals surface area contributed by atoms with Crippen molar-refractivity contribution in [1.82, 2.24) is 0 Å². The maximum absolute atomic E-state index is 10.2. The van der Waals surface area contributed by atoms with E-state index in [4.69, 9.17) is 4.55 Å². The van der Waals surface area contributed by atoms with Gasteiger partial charge in [-0.3, -0.25) is 4.55 Å². The monoisotopic (exact) mass is 407 g/mol. The molecule has 0 aliphatic heterocycles. The van der Waals surface area contributed by atoms with Gasteiger partial charge in [0.1, 0.15) is 0 Å². The maximum Gasteiger partial charge on any atom is 1.00 e. The largest absolute Gasteiger partial charge is 1.00 e. The Morgan fingerprint density at radius 1 is 0.900 bits per heavy atom. The van der Waals surface area contributed by atoms with E-state index in [1.165, 1.54) is 44.9 Å². The topological polar surface area (TPSA) is 63.6 Å². The van der Waals surface area contributed by atoms with Gasteiger partial charge in [-0.2, -0.15) is 8.42 Å². The third kappa shape index (κ3) is 28.1. The summed E-state index contributed by atoms with van der Waals surface area (Å²) in [7, 11) is -4.23. The van der Waals surface area contributed by atoms with E-state index in [0.717, 1.165) is 12.8 Å². The zero-order chi connectivity index (χ0) is 13.0. The van der Waals surface area contributed by atoms with Crippen LogP contribution in [0.2, 0.25) is 0 Å². The van der Waals surface area contributed by atoms with Crippen LogP contribution in [0.4, 0.5) is 0 Å². The van der Waals surface area contributed by atoms with Crippen LogP contribution in [0.15, 0.2) is 0 Å². The van der Waals surface area contributed by atoms with Crippen molar-refractivity contribution in [3.63, 3.8) is 0 Å². The molecule has 0 aliphatic rings. The number of unbranched alkanes of at least 4 members (excludes halogenated alkanes) is 9. The molecule has 0 spiro atoms. The summed E-state index contributed by atoms with van der Waals surface area (Å²) in [6.45, 7) is 2.31. The van der Waals surface area contributed by atoms with Crippen LogP contribution in [0.5, 0.6) is 0 Å². The van der Waals surface area contributed by atoms with Crippen LogP contribution in [-0.2, 0) is 47.9 Å². The smallest absolute Gasteiger partial charge is 1.00 e. The zero-order valence-corrected chi connectivity index (χ0v) is 17.4. The molecule has 0 saturated carbocycles. The van der Waals surface area contributed by atoms with Gasteiger partial charge in [-0.15, -0.1) is 0 Å². The molecular weight excluding hydrogens is 381 g/mol. The van der Waals surface area contributed by atoms with Crippen molar-refractivity contribution in [1.29, 1.82) is 0 Å². The molecule has 0 rings (SSSR count). The van der Waals surface area contributed by atoms with Crippen LogP contribution >= 0.6 is 0 Å². The first kappa shape index (κ1) is 29.8. The second-order valence-corrected chi connectivity index (χ2v) is 5.52. The number of hydrogen-bond acceptors (Lipinski definition) is 3. The number of hydrogen-bond donors (Lipinski definition) is 1. The molecular formula is C12H27CoNaNiO4S. The molecule has 0 aromatic heterocycles. The SMILES string of the molecule is CCCCCCCCCCCCOS(=O)(=O)O.[Co].[H-].[Na+].[Ni]. The van der Waals surface area contributed by atoms with Crippen LogP contribution in [-0.4, -0.2) is 19.6 Å². The molecule has 0 aromatic carbocycles. The van der Waals surface area contributed by atoms with E-state index < -0.39 is 10.4 Å². The fraction of sp³-hybridized carbons (Fsp3) is 1.00. The molecule has 8 heteroatoms. The minimum atomic E-state index is -4.23. The summed E-state index contributed by atoms with van der Waals surface area (Å²) in [4.78, 5) is 0. The van der Waals surface area contributed by atoms with Crippen LogP contribution < -0.4 is 29.6 Å². The Kier molecular flexibility index (Phi) is 31.1. The Hall–Kier alpha value is 1.87. The van der Waals surface area contributed by atoms with Crippen molar-refractivity contribution in [2.45, 2.75) is 71.1 Å². The van der Waals surface area contributed by atoms with Crippen LogP contribution in [0, 0.1) is 0 Å². The fourth-order valence-electron chi connectivity index (χ4n) is 1.75. The van der Waals surface area contributed by atoms with E-state index in [1.54, 1.807) is 0 Å². The second-order valence-electron chi connectivity index (χ2n) is 4.43. The summed E-state index contributed by atoms with van der Waals surface area (Å²) in [5.41, 5.74) is 0. The van der Waals surface area contributed by atoms with Crippen LogP contribution in [0.1, 0.15) is 72.6 Å². The van der Waals surface area contributed by atoms with E-state index in [1.807, 2.05) is 0 Å². The van der Waals surface area contributed by atoms with Crippen molar-refractivity contribution < 1.29 is 81.4 Å². The van der Waals surface area contributed by atoms with E-state index in [9.17, 15) is 8.42 Å². The average molecular weight is 408 g/mol. The van der Waals surface area contributed by atoms with Gasteiger partial charge >= 0.3 is 40.0 Å². The fourth-order valence-corrected chi connectivity index (χ4v) is 2.08. The zero-order valence-electron chi connectivity index (χ0n) is 13.5. The van der Waals surface area contributed by atoms with Crippen molar-refractivity contribution >= 4 is 10.4 Å². The van der Waals surface area contributed by atoms with Gasteiger partial charge in [0, 0.05) is 33.3 Å². The summed E-state index contributed by atoms with van der Waals surface area (Å²) in [5.74, 6) is 0. The molecule has 1 N–H and O–H groups in total. The van der Waals surface area contributed by atoms with Gasteiger partial charge in [0.2, 0.25) is 0 Å². The average Bonchev–Trinajstić information content (AvgIpc) is 2.24. The molecule has 125 valence electrons. The summed E-state index contributed by atoms with van der Waals surface area (Å²) >= 11 is 0. The Morgan fingerprint density at radius 3 is 1.60 bits per heavy atom. The van der Waals surface area contributed by atoms with Crippen molar-refractivity contribution in [2.75, 3.05) is 6.61 Å². The standard InChI is InChI=1S/C12H26O4S.Co.Na.Ni.H/c1-2-3-4-5-6-7-8-9-10-11-12-16-17(13,14)15;;;;/h2-12H2,1H3,(H,13,14,15);;;;/q;;+1;;-1. The molecule has 0 fully saturated rings. The molecule has 4 nitrogen and oxygen atoms in total. The van der Waals surface area contributed by atoms with Gasteiger partial charge < -0.3 is 1.43 Å². The van der Waals surface area contributed by atoms with Crippen LogP contribution in [0.3, 0.4) is 0 Å². The molecule has 0 bridgehead atoms. The van der Waals surface area contributed by atoms with E-state index in [0.29, 0.717) is 6.42 Å². The van der Waals surface area contributed by atoms with Gasteiger partial charge in [0.25, 0.3) is 0 Å². The predicted octanol–water partition coefficient (Wildman–Crippen LogP) is 0.838. The molecule has 0 amide bonds. The molecule has 0 aromatic rings. The number of rotatable bonds is 12. The van der Waals surface area contributed by atoms with E-state index in [2.05, 4.69) is 11.1 Å². The van der Waals surface area contributed by atoms with Gasteiger partial charge in [0.05, 0.1) is 6.61 Å². The summed E-state index contributed by atoms with van der Waals surface area (Å²) in [5, 5.41) is 0. The van der Waals surface area contributed by atoms with Gasteiger partial charge in [-0.25, -0.2) is 4.18 Å². The second kappa shape index (κ2) is 20.9. The summed E-state index contributed by atoms with van der Waals surface area (Å²) < 4.78 is 33.0. The third-order valence-corrected chi connectivity index (χ3v) is 3.19. The first-order valence-corrected chi connectivity index (χ1v) is 8.04. The minimum Gasteiger partial charge on any atom is -1.00 e. The predicted molar refractivity (Wildman–Crippen MR) is 70.5 cm³/mol. The Labute approximate surface area is 168 Å². The van der Waals surface area contributed by atoms with Crippen LogP contribution in [0.25, 0.3) is 0 Å². The van der Waals surface area contributed by atoms with E-state index in [-0.39, 0.29) is 70.9 Å². The van der Waals surface area contributed by atoms with Gasteiger partial charge in [0.15, 0.2) is 0 Å².